The first-order valence-electron chi connectivity index (χ1n) is 6.03. The number of fused-ring (bicyclic) bond motifs is 1. The van der Waals surface area contributed by atoms with Crippen LogP contribution in [-0.4, -0.2) is 21.2 Å². The fourth-order valence-electron chi connectivity index (χ4n) is 1.73. The van der Waals surface area contributed by atoms with Gasteiger partial charge in [0.2, 0.25) is 5.95 Å². The zero-order valence-corrected chi connectivity index (χ0v) is 10.6. The maximum atomic E-state index is 5.41. The van der Waals surface area contributed by atoms with E-state index in [1.807, 2.05) is 30.3 Å². The number of aromatic nitrogens is 3. The van der Waals surface area contributed by atoms with Gasteiger partial charge in [-0.25, -0.2) is 9.97 Å². The molecule has 0 fully saturated rings. The summed E-state index contributed by atoms with van der Waals surface area (Å²) in [6, 6.07) is 9.80. The summed E-state index contributed by atoms with van der Waals surface area (Å²) in [6.45, 7) is 0. The number of hydrogen-bond acceptors (Lipinski definition) is 6. The smallest absolute Gasteiger partial charge is 0.219 e. The molecule has 0 aliphatic carbocycles. The molecule has 2 aromatic heterocycles. The maximum absolute atomic E-state index is 5.41. The molecule has 0 aliphatic rings. The molecule has 0 saturated heterocycles. The van der Waals surface area contributed by atoms with Crippen LogP contribution in [0.15, 0.2) is 54.0 Å². The minimum atomic E-state index is 0.246. The Hall–Kier alpha value is -3.02. The second kappa shape index (κ2) is 5.31. The number of rotatable bonds is 3. The summed E-state index contributed by atoms with van der Waals surface area (Å²) < 4.78 is 0. The number of benzene rings is 1. The minimum Gasteiger partial charge on any atom is -0.368 e. The van der Waals surface area contributed by atoms with E-state index in [-0.39, 0.29) is 5.95 Å². The van der Waals surface area contributed by atoms with Crippen LogP contribution in [0.1, 0.15) is 5.56 Å². The monoisotopic (exact) mass is 264 g/mol. The Morgan fingerprint density at radius 3 is 2.80 bits per heavy atom. The van der Waals surface area contributed by atoms with Crippen LogP contribution in [-0.2, 0) is 0 Å². The summed E-state index contributed by atoms with van der Waals surface area (Å²) in [4.78, 5) is 12.1. The molecular weight excluding hydrogens is 252 g/mol. The topological polar surface area (TPSA) is 89.1 Å². The molecule has 98 valence electrons. The van der Waals surface area contributed by atoms with Gasteiger partial charge in [0.1, 0.15) is 0 Å². The molecule has 3 aromatic rings. The van der Waals surface area contributed by atoms with Crippen molar-refractivity contribution >= 4 is 28.8 Å². The van der Waals surface area contributed by atoms with Crippen molar-refractivity contribution in [3.63, 3.8) is 0 Å². The van der Waals surface area contributed by atoms with Crippen molar-refractivity contribution in [2.45, 2.75) is 0 Å². The van der Waals surface area contributed by atoms with Crippen molar-refractivity contribution in [3.8, 4) is 0 Å². The van der Waals surface area contributed by atoms with Gasteiger partial charge in [0.15, 0.2) is 0 Å². The van der Waals surface area contributed by atoms with Gasteiger partial charge in [-0.2, -0.15) is 5.10 Å². The fraction of sp³-hybridized carbons (Fsp3) is 0. The minimum absolute atomic E-state index is 0.246. The molecule has 6 nitrogen and oxygen atoms in total. The second-order valence-electron chi connectivity index (χ2n) is 4.16. The van der Waals surface area contributed by atoms with E-state index >= 15 is 0 Å². The number of nitrogen functional groups attached to an aromatic ring is 1. The Kier molecular flexibility index (Phi) is 3.20. The van der Waals surface area contributed by atoms with Gasteiger partial charge in [0.25, 0.3) is 0 Å². The van der Waals surface area contributed by atoms with Crippen LogP contribution in [0, 0.1) is 0 Å². The lowest BCUT2D eigenvalue weighted by atomic mass is 10.2. The lowest BCUT2D eigenvalue weighted by molar-refractivity contribution is 1.18. The molecule has 0 radical (unpaired) electrons. The standard InChI is InChI=1S/C14H12N6/c15-14-17-7-10(8-18-14)9-19-20-12-4-3-11-2-1-5-16-13(11)6-12/h1-9,20H,(H2,15,17,18). The number of nitrogens with one attached hydrogen (secondary N) is 1. The summed E-state index contributed by atoms with van der Waals surface area (Å²) >= 11 is 0. The average molecular weight is 264 g/mol. The van der Waals surface area contributed by atoms with Gasteiger partial charge >= 0.3 is 0 Å². The van der Waals surface area contributed by atoms with Gasteiger partial charge in [0, 0.05) is 29.5 Å². The summed E-state index contributed by atoms with van der Waals surface area (Å²) in [6.07, 6.45) is 6.61. The zero-order valence-electron chi connectivity index (χ0n) is 10.6. The lowest BCUT2D eigenvalue weighted by Gasteiger charge is -2.02. The van der Waals surface area contributed by atoms with Gasteiger partial charge in [-0.05, 0) is 18.2 Å². The van der Waals surface area contributed by atoms with E-state index in [2.05, 4.69) is 25.5 Å². The highest BCUT2D eigenvalue weighted by Crippen LogP contribution is 2.16. The number of nitrogens with two attached hydrogens (primary N) is 1. The molecule has 6 heteroatoms. The van der Waals surface area contributed by atoms with Crippen molar-refractivity contribution in [1.29, 1.82) is 0 Å². The van der Waals surface area contributed by atoms with Crippen molar-refractivity contribution < 1.29 is 0 Å². The van der Waals surface area contributed by atoms with Gasteiger partial charge in [-0.15, -0.1) is 0 Å². The summed E-state index contributed by atoms with van der Waals surface area (Å²) in [5.41, 5.74) is 10.9. The number of pyridine rings is 1. The van der Waals surface area contributed by atoms with Crippen LogP contribution in [0.25, 0.3) is 10.9 Å². The largest absolute Gasteiger partial charge is 0.368 e. The predicted molar refractivity (Wildman–Crippen MR) is 79.4 cm³/mol. The Morgan fingerprint density at radius 1 is 1.10 bits per heavy atom. The summed E-state index contributed by atoms with van der Waals surface area (Å²) in [5.74, 6) is 0.246. The van der Waals surface area contributed by atoms with Gasteiger partial charge in [0.05, 0.1) is 17.4 Å². The molecule has 0 atom stereocenters. The molecule has 1 aromatic carbocycles. The Labute approximate surface area is 115 Å². The first-order chi connectivity index (χ1) is 9.81. The molecular formula is C14H12N6. The first kappa shape index (κ1) is 12.0. The number of nitrogens with zero attached hydrogens (tertiary/aromatic N) is 4. The maximum Gasteiger partial charge on any atom is 0.219 e. The van der Waals surface area contributed by atoms with E-state index < -0.39 is 0 Å². The number of hydrogen-bond donors (Lipinski definition) is 2. The first-order valence-corrected chi connectivity index (χ1v) is 6.03. The molecule has 0 unspecified atom stereocenters. The highest BCUT2D eigenvalue weighted by Gasteiger charge is 1.95. The molecule has 0 aliphatic heterocycles. The van der Waals surface area contributed by atoms with Crippen LogP contribution in [0.3, 0.4) is 0 Å². The zero-order chi connectivity index (χ0) is 13.8. The van der Waals surface area contributed by atoms with E-state index in [0.717, 1.165) is 22.2 Å². The van der Waals surface area contributed by atoms with Crippen molar-refractivity contribution in [1.82, 2.24) is 15.0 Å². The number of anilines is 2. The van der Waals surface area contributed by atoms with Crippen LogP contribution in [0.4, 0.5) is 11.6 Å². The van der Waals surface area contributed by atoms with Gasteiger partial charge in [-0.1, -0.05) is 12.1 Å². The Bertz CT molecular complexity index is 751. The molecule has 2 heterocycles. The molecule has 3 N–H and O–H groups in total. The van der Waals surface area contributed by atoms with Crippen molar-refractivity contribution in [2.75, 3.05) is 11.2 Å². The van der Waals surface area contributed by atoms with Crippen LogP contribution in [0.2, 0.25) is 0 Å². The van der Waals surface area contributed by atoms with Crippen molar-refractivity contribution in [3.05, 3.63) is 54.5 Å². The van der Waals surface area contributed by atoms with Crippen LogP contribution < -0.4 is 11.2 Å². The Morgan fingerprint density at radius 2 is 1.95 bits per heavy atom. The molecule has 0 saturated carbocycles. The van der Waals surface area contributed by atoms with E-state index in [1.165, 1.54) is 0 Å². The molecule has 0 spiro atoms. The third kappa shape index (κ3) is 2.69. The SMILES string of the molecule is Nc1ncc(C=NNc2ccc3cccnc3c2)cn1. The molecule has 3 rings (SSSR count). The normalized spacial score (nSPS) is 11.0. The Balaban J connectivity index is 1.74. The van der Waals surface area contributed by atoms with Gasteiger partial charge < -0.3 is 5.73 Å². The quantitative estimate of drug-likeness (QED) is 0.558. The molecule has 0 bridgehead atoms. The summed E-state index contributed by atoms with van der Waals surface area (Å²) in [5, 5.41) is 5.22. The second-order valence-corrected chi connectivity index (χ2v) is 4.16. The highest BCUT2D eigenvalue weighted by atomic mass is 15.3. The van der Waals surface area contributed by atoms with E-state index in [9.17, 15) is 0 Å². The lowest BCUT2D eigenvalue weighted by Crippen LogP contribution is -1.96. The van der Waals surface area contributed by atoms with Crippen LogP contribution >= 0.6 is 0 Å². The third-order valence-corrected chi connectivity index (χ3v) is 2.70. The van der Waals surface area contributed by atoms with Crippen molar-refractivity contribution in [2.24, 2.45) is 5.10 Å². The third-order valence-electron chi connectivity index (χ3n) is 2.70. The van der Waals surface area contributed by atoms with E-state index in [1.54, 1.807) is 24.8 Å². The molecule has 20 heavy (non-hydrogen) atoms. The molecule has 0 amide bonds. The van der Waals surface area contributed by atoms with Crippen LogP contribution in [0.5, 0.6) is 0 Å². The summed E-state index contributed by atoms with van der Waals surface area (Å²) in [7, 11) is 0. The predicted octanol–water partition coefficient (Wildman–Crippen LogP) is 2.05. The highest BCUT2D eigenvalue weighted by molar-refractivity contribution is 5.83. The van der Waals surface area contributed by atoms with E-state index in [4.69, 9.17) is 5.73 Å². The average Bonchev–Trinajstić information content (AvgIpc) is 2.49. The number of hydrazone groups is 1. The fourth-order valence-corrected chi connectivity index (χ4v) is 1.73. The van der Waals surface area contributed by atoms with Gasteiger partial charge in [-0.3, -0.25) is 10.4 Å². The van der Waals surface area contributed by atoms with E-state index in [0.29, 0.717) is 0 Å².